The van der Waals surface area contributed by atoms with E-state index < -0.39 is 0 Å². The summed E-state index contributed by atoms with van der Waals surface area (Å²) in [6.45, 7) is 4.43. The zero-order valence-corrected chi connectivity index (χ0v) is 8.06. The minimum atomic E-state index is 1.16. The largest absolute Gasteiger partial charge is 0.0651 e. The van der Waals surface area contributed by atoms with Crippen molar-refractivity contribution in [1.82, 2.24) is 0 Å². The molecular weight excluding hydrogens is 144 g/mol. The fourth-order valence-corrected chi connectivity index (χ4v) is 1.43. The summed E-state index contributed by atoms with van der Waals surface area (Å²) in [4.78, 5) is 0. The highest BCUT2D eigenvalue weighted by atomic mass is 14.0. The molecule has 0 aliphatic rings. The van der Waals surface area contributed by atoms with E-state index in [1.165, 1.54) is 30.4 Å². The summed E-state index contributed by atoms with van der Waals surface area (Å²) in [7, 11) is 0. The van der Waals surface area contributed by atoms with Gasteiger partial charge < -0.3 is 0 Å². The van der Waals surface area contributed by atoms with E-state index in [2.05, 4.69) is 38.1 Å². The van der Waals surface area contributed by atoms with Gasteiger partial charge in [-0.2, -0.15) is 0 Å². The average Bonchev–Trinajstić information content (AvgIpc) is 2.06. The molecule has 0 heteroatoms. The number of hydrogen-bond acceptors (Lipinski definition) is 0. The topological polar surface area (TPSA) is 0 Å². The Bertz CT molecular complexity index is 204. The first-order valence-electron chi connectivity index (χ1n) is 4.86. The molecule has 0 aromatic heterocycles. The van der Waals surface area contributed by atoms with Gasteiger partial charge in [0.15, 0.2) is 0 Å². The van der Waals surface area contributed by atoms with Crippen LogP contribution in [-0.4, -0.2) is 0 Å². The van der Waals surface area contributed by atoms with E-state index in [0.29, 0.717) is 0 Å². The summed E-state index contributed by atoms with van der Waals surface area (Å²) in [6, 6.07) is 9.77. The van der Waals surface area contributed by atoms with Crippen molar-refractivity contribution in [2.45, 2.75) is 39.5 Å². The van der Waals surface area contributed by atoms with Crippen molar-refractivity contribution in [3.63, 3.8) is 0 Å². The SMILES string of the molecule is CCCc1[c]ccc(CCC)c1. The Kier molecular flexibility index (Phi) is 3.86. The molecule has 0 nitrogen and oxygen atoms in total. The summed E-state index contributed by atoms with van der Waals surface area (Å²) < 4.78 is 0. The van der Waals surface area contributed by atoms with Crippen LogP contribution >= 0.6 is 0 Å². The van der Waals surface area contributed by atoms with Crippen LogP contribution in [0.2, 0.25) is 0 Å². The molecule has 0 bridgehead atoms. The summed E-state index contributed by atoms with van der Waals surface area (Å²) in [6.07, 6.45) is 4.81. The van der Waals surface area contributed by atoms with Crippen LogP contribution in [0.25, 0.3) is 0 Å². The average molecular weight is 161 g/mol. The van der Waals surface area contributed by atoms with E-state index in [1.807, 2.05) is 0 Å². The minimum Gasteiger partial charge on any atom is -0.0651 e. The van der Waals surface area contributed by atoms with Gasteiger partial charge in [0.2, 0.25) is 0 Å². The van der Waals surface area contributed by atoms with Crippen molar-refractivity contribution in [2.24, 2.45) is 0 Å². The fraction of sp³-hybridized carbons (Fsp3) is 0.500. The standard InChI is InChI=1S/C12H17/c1-3-6-11-8-5-9-12(10-11)7-4-2/h5,8,10H,3-4,6-7H2,1-2H3. The van der Waals surface area contributed by atoms with Crippen molar-refractivity contribution in [1.29, 1.82) is 0 Å². The van der Waals surface area contributed by atoms with Gasteiger partial charge in [0.05, 0.1) is 0 Å². The van der Waals surface area contributed by atoms with Crippen LogP contribution in [-0.2, 0) is 12.8 Å². The Morgan fingerprint density at radius 2 is 1.92 bits per heavy atom. The van der Waals surface area contributed by atoms with E-state index >= 15 is 0 Å². The Morgan fingerprint density at radius 3 is 2.58 bits per heavy atom. The van der Waals surface area contributed by atoms with Crippen LogP contribution in [0.1, 0.15) is 37.8 Å². The fourth-order valence-electron chi connectivity index (χ4n) is 1.43. The van der Waals surface area contributed by atoms with Crippen molar-refractivity contribution >= 4 is 0 Å². The maximum atomic E-state index is 3.27. The third-order valence-electron chi connectivity index (χ3n) is 1.98. The third kappa shape index (κ3) is 2.69. The molecule has 0 amide bonds. The van der Waals surface area contributed by atoms with Gasteiger partial charge in [0, 0.05) is 0 Å². The van der Waals surface area contributed by atoms with Gasteiger partial charge in [-0.3, -0.25) is 0 Å². The molecule has 0 aliphatic carbocycles. The van der Waals surface area contributed by atoms with Gasteiger partial charge in [-0.15, -0.1) is 0 Å². The first kappa shape index (κ1) is 9.31. The van der Waals surface area contributed by atoms with Gasteiger partial charge in [0.25, 0.3) is 0 Å². The number of hydrogen-bond donors (Lipinski definition) is 0. The predicted octanol–water partition coefficient (Wildman–Crippen LogP) is 3.39. The van der Waals surface area contributed by atoms with Gasteiger partial charge in [-0.05, 0) is 30.0 Å². The highest BCUT2D eigenvalue weighted by Crippen LogP contribution is 2.08. The van der Waals surface area contributed by atoms with Gasteiger partial charge in [0.1, 0.15) is 0 Å². The van der Waals surface area contributed by atoms with Crippen molar-refractivity contribution in [3.05, 3.63) is 35.4 Å². The molecule has 0 saturated carbocycles. The second-order valence-electron chi connectivity index (χ2n) is 3.22. The van der Waals surface area contributed by atoms with E-state index in [-0.39, 0.29) is 0 Å². The van der Waals surface area contributed by atoms with E-state index in [1.54, 1.807) is 0 Å². The number of aryl methyl sites for hydroxylation is 2. The van der Waals surface area contributed by atoms with E-state index in [9.17, 15) is 0 Å². The quantitative estimate of drug-likeness (QED) is 0.635. The molecule has 1 radical (unpaired) electrons. The molecule has 0 aliphatic heterocycles. The summed E-state index contributed by atoms with van der Waals surface area (Å²) >= 11 is 0. The van der Waals surface area contributed by atoms with Crippen LogP contribution in [0.15, 0.2) is 18.2 Å². The monoisotopic (exact) mass is 161 g/mol. The van der Waals surface area contributed by atoms with Gasteiger partial charge >= 0.3 is 0 Å². The maximum Gasteiger partial charge on any atom is -0.0149 e. The van der Waals surface area contributed by atoms with Crippen molar-refractivity contribution < 1.29 is 0 Å². The summed E-state index contributed by atoms with van der Waals surface area (Å²) in [5, 5.41) is 0. The first-order valence-corrected chi connectivity index (χ1v) is 4.86. The summed E-state index contributed by atoms with van der Waals surface area (Å²) in [5.74, 6) is 0. The smallest absolute Gasteiger partial charge is 0.0149 e. The Morgan fingerprint density at radius 1 is 1.17 bits per heavy atom. The maximum absolute atomic E-state index is 3.27. The van der Waals surface area contributed by atoms with Crippen LogP contribution < -0.4 is 0 Å². The lowest BCUT2D eigenvalue weighted by atomic mass is 10.0. The first-order chi connectivity index (χ1) is 5.86. The number of rotatable bonds is 4. The molecule has 12 heavy (non-hydrogen) atoms. The molecule has 0 heterocycles. The van der Waals surface area contributed by atoms with Crippen LogP contribution in [0.3, 0.4) is 0 Å². The minimum absolute atomic E-state index is 1.16. The molecular formula is C12H17. The molecule has 0 saturated heterocycles. The second kappa shape index (κ2) is 4.97. The molecule has 1 rings (SSSR count). The Labute approximate surface area is 75.6 Å². The van der Waals surface area contributed by atoms with Crippen LogP contribution in [0.4, 0.5) is 0 Å². The highest BCUT2D eigenvalue weighted by molar-refractivity contribution is 5.22. The lowest BCUT2D eigenvalue weighted by Crippen LogP contribution is -1.87. The van der Waals surface area contributed by atoms with Crippen LogP contribution in [0.5, 0.6) is 0 Å². The lowest BCUT2D eigenvalue weighted by Gasteiger charge is -2.01. The highest BCUT2D eigenvalue weighted by Gasteiger charge is 1.93. The molecule has 1 aromatic rings. The Hall–Kier alpha value is -0.780. The molecule has 0 N–H and O–H groups in total. The summed E-state index contributed by atoms with van der Waals surface area (Å²) in [5.41, 5.74) is 2.82. The molecule has 65 valence electrons. The zero-order chi connectivity index (χ0) is 8.81. The van der Waals surface area contributed by atoms with Crippen molar-refractivity contribution in [3.8, 4) is 0 Å². The normalized spacial score (nSPS) is 10.2. The van der Waals surface area contributed by atoms with E-state index in [4.69, 9.17) is 0 Å². The zero-order valence-electron chi connectivity index (χ0n) is 8.06. The molecule has 0 unspecified atom stereocenters. The molecule has 1 aromatic carbocycles. The second-order valence-corrected chi connectivity index (χ2v) is 3.22. The van der Waals surface area contributed by atoms with Crippen LogP contribution in [0, 0.1) is 6.07 Å². The van der Waals surface area contributed by atoms with E-state index in [0.717, 1.165) is 6.42 Å². The van der Waals surface area contributed by atoms with Gasteiger partial charge in [-0.1, -0.05) is 44.9 Å². The third-order valence-corrected chi connectivity index (χ3v) is 1.98. The predicted molar refractivity (Wildman–Crippen MR) is 53.3 cm³/mol. The molecule has 0 atom stereocenters. The lowest BCUT2D eigenvalue weighted by molar-refractivity contribution is 0.894. The molecule has 0 fully saturated rings. The van der Waals surface area contributed by atoms with Gasteiger partial charge in [-0.25, -0.2) is 0 Å². The molecule has 0 spiro atoms. The Balaban J connectivity index is 2.67. The van der Waals surface area contributed by atoms with Crippen molar-refractivity contribution in [2.75, 3.05) is 0 Å². The number of benzene rings is 1.